The third kappa shape index (κ3) is 2.83. The monoisotopic (exact) mass is 216 g/mol. The maximum absolute atomic E-state index is 9.05. The third-order valence-electron chi connectivity index (χ3n) is 1.61. The maximum Gasteiger partial charge on any atom is 0.124 e. The van der Waals surface area contributed by atoms with Crippen molar-refractivity contribution in [2.24, 2.45) is 0 Å². The molecule has 4 heteroatoms. The summed E-state index contributed by atoms with van der Waals surface area (Å²) in [6, 6.07) is 5.65. The minimum Gasteiger partial charge on any atom is -0.494 e. The Morgan fingerprint density at radius 1 is 1.54 bits per heavy atom. The van der Waals surface area contributed by atoms with Crippen LogP contribution in [0.15, 0.2) is 23.1 Å². The zero-order valence-corrected chi connectivity index (χ0v) is 9.07. The Kier molecular flexibility index (Phi) is 4.48. The molecule has 0 saturated carbocycles. The van der Waals surface area contributed by atoms with Gasteiger partial charge in [0.25, 0.3) is 0 Å². The van der Waals surface area contributed by atoms with E-state index in [0.717, 1.165) is 16.2 Å². The van der Waals surface area contributed by atoms with Crippen LogP contribution < -0.4 is 4.74 Å². The number of rotatable bonds is 4. The quantitative estimate of drug-likeness (QED) is 0.598. The minimum absolute atomic E-state index is 0.00247. The van der Waals surface area contributed by atoms with Gasteiger partial charge >= 0.3 is 0 Å². The zero-order chi connectivity index (χ0) is 9.68. The first-order valence-corrected chi connectivity index (χ1v) is 5.86. The predicted octanol–water partition coefficient (Wildman–Crippen LogP) is 2.51. The Morgan fingerprint density at radius 2 is 2.31 bits per heavy atom. The van der Waals surface area contributed by atoms with Crippen molar-refractivity contribution >= 4 is 22.5 Å². The summed E-state index contributed by atoms with van der Waals surface area (Å²) in [7, 11) is 1.35. The molecule has 0 aliphatic carbocycles. The number of hydrogen-bond donors (Lipinski definition) is 2. The standard InChI is InChI=1S/C9H12O2S2/c1-2-11-9-4-3-8(13-12)5-7(9)6-10/h3-5,10,12H,2,6H2,1H3. The first-order chi connectivity index (χ1) is 6.31. The van der Waals surface area contributed by atoms with Crippen molar-refractivity contribution in [1.29, 1.82) is 0 Å². The molecule has 0 spiro atoms. The molecule has 0 unspecified atom stereocenters. The van der Waals surface area contributed by atoms with Crippen LogP contribution in [0.2, 0.25) is 0 Å². The van der Waals surface area contributed by atoms with Gasteiger partial charge in [0, 0.05) is 10.5 Å². The summed E-state index contributed by atoms with van der Waals surface area (Å²) in [5.74, 6) is 0.746. The van der Waals surface area contributed by atoms with Crippen molar-refractivity contribution in [2.45, 2.75) is 18.4 Å². The van der Waals surface area contributed by atoms with E-state index >= 15 is 0 Å². The third-order valence-corrected chi connectivity index (χ3v) is 2.70. The molecule has 1 aromatic carbocycles. The zero-order valence-electron chi connectivity index (χ0n) is 7.36. The van der Waals surface area contributed by atoms with Gasteiger partial charge in [0.1, 0.15) is 5.75 Å². The van der Waals surface area contributed by atoms with Crippen LogP contribution in [0.4, 0.5) is 0 Å². The molecule has 0 heterocycles. The Bertz CT molecular complexity index is 276. The Balaban J connectivity index is 2.93. The first-order valence-electron chi connectivity index (χ1n) is 3.99. The number of aliphatic hydroxyl groups excluding tert-OH is 1. The highest BCUT2D eigenvalue weighted by atomic mass is 33.1. The van der Waals surface area contributed by atoms with Crippen molar-refractivity contribution in [3.8, 4) is 5.75 Å². The summed E-state index contributed by atoms with van der Waals surface area (Å²) in [5, 5.41) is 9.05. The number of hydrogen-bond acceptors (Lipinski definition) is 4. The van der Waals surface area contributed by atoms with E-state index in [-0.39, 0.29) is 6.61 Å². The topological polar surface area (TPSA) is 29.5 Å². The SMILES string of the molecule is CCOc1ccc(SS)cc1CO. The molecule has 1 aromatic rings. The second kappa shape index (κ2) is 5.42. The van der Waals surface area contributed by atoms with Crippen LogP contribution in [0.1, 0.15) is 12.5 Å². The highest BCUT2D eigenvalue weighted by Crippen LogP contribution is 2.27. The van der Waals surface area contributed by atoms with Crippen molar-refractivity contribution in [3.63, 3.8) is 0 Å². The lowest BCUT2D eigenvalue weighted by molar-refractivity contribution is 0.266. The van der Waals surface area contributed by atoms with Crippen LogP contribution in [-0.4, -0.2) is 11.7 Å². The van der Waals surface area contributed by atoms with Crippen molar-refractivity contribution in [3.05, 3.63) is 23.8 Å². The molecule has 0 atom stereocenters. The van der Waals surface area contributed by atoms with Gasteiger partial charge in [-0.1, -0.05) is 10.8 Å². The summed E-state index contributed by atoms with van der Waals surface area (Å²) in [4.78, 5) is 1.01. The smallest absolute Gasteiger partial charge is 0.124 e. The summed E-state index contributed by atoms with van der Waals surface area (Å²) < 4.78 is 5.33. The number of benzene rings is 1. The van der Waals surface area contributed by atoms with Gasteiger partial charge in [0.2, 0.25) is 0 Å². The van der Waals surface area contributed by atoms with Gasteiger partial charge in [-0.05, 0) is 25.1 Å². The minimum atomic E-state index is -0.00247. The number of ether oxygens (including phenoxy) is 1. The maximum atomic E-state index is 9.05. The van der Waals surface area contributed by atoms with E-state index in [9.17, 15) is 0 Å². The molecule has 0 aliphatic rings. The highest BCUT2D eigenvalue weighted by molar-refractivity contribution is 8.68. The van der Waals surface area contributed by atoms with Crippen LogP contribution in [0, 0.1) is 0 Å². The summed E-state index contributed by atoms with van der Waals surface area (Å²) in [5.41, 5.74) is 0.806. The van der Waals surface area contributed by atoms with Gasteiger partial charge in [-0.15, -0.1) is 11.7 Å². The summed E-state index contributed by atoms with van der Waals surface area (Å²) in [6.45, 7) is 2.53. The van der Waals surface area contributed by atoms with E-state index in [0.29, 0.717) is 6.61 Å². The molecule has 13 heavy (non-hydrogen) atoms. The average Bonchev–Trinajstić information content (AvgIpc) is 2.19. The molecule has 0 saturated heterocycles. The molecular formula is C9H12O2S2. The average molecular weight is 216 g/mol. The van der Waals surface area contributed by atoms with E-state index < -0.39 is 0 Å². The van der Waals surface area contributed by atoms with Crippen LogP contribution in [-0.2, 0) is 6.61 Å². The van der Waals surface area contributed by atoms with E-state index in [1.54, 1.807) is 0 Å². The molecular weight excluding hydrogens is 204 g/mol. The molecule has 1 N–H and O–H groups in total. The molecule has 72 valence electrons. The van der Waals surface area contributed by atoms with Crippen molar-refractivity contribution in [1.82, 2.24) is 0 Å². The van der Waals surface area contributed by atoms with Crippen molar-refractivity contribution in [2.75, 3.05) is 6.61 Å². The van der Waals surface area contributed by atoms with Gasteiger partial charge < -0.3 is 9.84 Å². The van der Waals surface area contributed by atoms with Crippen LogP contribution in [0.5, 0.6) is 5.75 Å². The normalized spacial score (nSPS) is 10.1. The van der Waals surface area contributed by atoms with E-state index in [2.05, 4.69) is 11.7 Å². The molecule has 0 amide bonds. The summed E-state index contributed by atoms with van der Waals surface area (Å²) in [6.07, 6.45) is 0. The van der Waals surface area contributed by atoms with Gasteiger partial charge in [-0.25, -0.2) is 0 Å². The second-order valence-corrected chi connectivity index (χ2v) is 3.65. The lowest BCUT2D eigenvalue weighted by atomic mass is 10.2. The first kappa shape index (κ1) is 10.8. The van der Waals surface area contributed by atoms with Gasteiger partial charge in [-0.3, -0.25) is 0 Å². The van der Waals surface area contributed by atoms with Crippen LogP contribution in [0.25, 0.3) is 0 Å². The van der Waals surface area contributed by atoms with Gasteiger partial charge in [0.15, 0.2) is 0 Å². The Labute approximate surface area is 87.1 Å². The van der Waals surface area contributed by atoms with E-state index in [1.807, 2.05) is 25.1 Å². The number of thiol groups is 1. The van der Waals surface area contributed by atoms with Crippen LogP contribution in [0.3, 0.4) is 0 Å². The second-order valence-electron chi connectivity index (χ2n) is 2.45. The fraction of sp³-hybridized carbons (Fsp3) is 0.333. The molecule has 0 aromatic heterocycles. The summed E-state index contributed by atoms with van der Waals surface area (Å²) >= 11 is 4.08. The number of aliphatic hydroxyl groups is 1. The molecule has 0 aliphatic heterocycles. The molecule has 0 fully saturated rings. The largest absolute Gasteiger partial charge is 0.494 e. The van der Waals surface area contributed by atoms with Gasteiger partial charge in [-0.2, -0.15) is 0 Å². The van der Waals surface area contributed by atoms with Crippen LogP contribution >= 0.6 is 22.5 Å². The van der Waals surface area contributed by atoms with E-state index in [1.165, 1.54) is 10.8 Å². The Morgan fingerprint density at radius 3 is 2.85 bits per heavy atom. The molecule has 0 radical (unpaired) electrons. The van der Waals surface area contributed by atoms with Crippen molar-refractivity contribution < 1.29 is 9.84 Å². The Hall–Kier alpha value is -0.320. The predicted molar refractivity (Wildman–Crippen MR) is 58.4 cm³/mol. The fourth-order valence-corrected chi connectivity index (χ4v) is 1.70. The lowest BCUT2D eigenvalue weighted by Crippen LogP contribution is -1.96. The molecule has 1 rings (SSSR count). The molecule has 0 bridgehead atoms. The fourth-order valence-electron chi connectivity index (χ4n) is 1.03. The highest BCUT2D eigenvalue weighted by Gasteiger charge is 2.03. The lowest BCUT2D eigenvalue weighted by Gasteiger charge is -2.08. The van der Waals surface area contributed by atoms with E-state index in [4.69, 9.17) is 9.84 Å². The molecule has 2 nitrogen and oxygen atoms in total. The van der Waals surface area contributed by atoms with Gasteiger partial charge in [0.05, 0.1) is 13.2 Å².